The van der Waals surface area contributed by atoms with Crippen LogP contribution in [0.2, 0.25) is 5.02 Å². The van der Waals surface area contributed by atoms with E-state index < -0.39 is 0 Å². The van der Waals surface area contributed by atoms with Crippen molar-refractivity contribution in [3.63, 3.8) is 0 Å². The molecule has 0 radical (unpaired) electrons. The van der Waals surface area contributed by atoms with Gasteiger partial charge < -0.3 is 11.1 Å². The zero-order valence-electron chi connectivity index (χ0n) is 10.9. The molecule has 104 valence electrons. The minimum atomic E-state index is 0.333. The van der Waals surface area contributed by atoms with Crippen LogP contribution >= 0.6 is 35.2 Å². The van der Waals surface area contributed by atoms with Gasteiger partial charge in [0.05, 0.1) is 6.04 Å². The third-order valence-corrected chi connectivity index (χ3v) is 5.08. The van der Waals surface area contributed by atoms with Gasteiger partial charge in [0.1, 0.15) is 4.99 Å². The largest absolute Gasteiger partial charge is 0.389 e. The van der Waals surface area contributed by atoms with Crippen LogP contribution in [0.15, 0.2) is 29.6 Å². The summed E-state index contributed by atoms with van der Waals surface area (Å²) in [5.41, 5.74) is 8.98. The molecule has 5 heteroatoms. The third-order valence-electron chi connectivity index (χ3n) is 3.63. The Kier molecular flexibility index (Phi) is 3.96. The number of fused-ring (bicyclic) bond motifs is 1. The first kappa shape index (κ1) is 13.9. The molecule has 1 aromatic carbocycles. The molecule has 1 aromatic heterocycles. The zero-order chi connectivity index (χ0) is 14.1. The number of thiocarbonyl (C=S) groups is 1. The molecule has 0 spiro atoms. The SMILES string of the molecule is NC(=S)c1cc(Cl)ccc1NC1CCCc2sccc21. The molecule has 0 aliphatic heterocycles. The molecule has 1 aliphatic rings. The topological polar surface area (TPSA) is 38.0 Å². The summed E-state index contributed by atoms with van der Waals surface area (Å²) in [6, 6.07) is 8.19. The number of halogens is 1. The fourth-order valence-electron chi connectivity index (χ4n) is 2.67. The van der Waals surface area contributed by atoms with Crippen molar-refractivity contribution in [1.82, 2.24) is 0 Å². The number of hydrogen-bond donors (Lipinski definition) is 2. The second kappa shape index (κ2) is 5.72. The quantitative estimate of drug-likeness (QED) is 0.816. The van der Waals surface area contributed by atoms with Crippen molar-refractivity contribution in [3.8, 4) is 0 Å². The smallest absolute Gasteiger partial charge is 0.106 e. The molecular formula is C15H15ClN2S2. The van der Waals surface area contributed by atoms with Crippen molar-refractivity contribution in [1.29, 1.82) is 0 Å². The van der Waals surface area contributed by atoms with Crippen molar-refractivity contribution < 1.29 is 0 Å². The fourth-order valence-corrected chi connectivity index (χ4v) is 4.00. The van der Waals surface area contributed by atoms with Crippen molar-refractivity contribution in [2.24, 2.45) is 5.73 Å². The van der Waals surface area contributed by atoms with Gasteiger partial charge in [-0.15, -0.1) is 11.3 Å². The maximum atomic E-state index is 6.03. The summed E-state index contributed by atoms with van der Waals surface area (Å²) in [4.78, 5) is 1.86. The fraction of sp³-hybridized carbons (Fsp3) is 0.267. The number of nitrogens with two attached hydrogens (primary N) is 1. The van der Waals surface area contributed by atoms with Gasteiger partial charge in [0, 0.05) is 21.2 Å². The molecule has 1 unspecified atom stereocenters. The van der Waals surface area contributed by atoms with Crippen molar-refractivity contribution >= 4 is 45.8 Å². The standard InChI is InChI=1S/C15H15ClN2S2/c16-9-4-5-13(11(8-9)15(17)19)18-12-2-1-3-14-10(12)6-7-20-14/h4-8,12,18H,1-3H2,(H2,17,19). The van der Waals surface area contributed by atoms with Gasteiger partial charge in [-0.2, -0.15) is 0 Å². The lowest BCUT2D eigenvalue weighted by Gasteiger charge is -2.26. The van der Waals surface area contributed by atoms with Crippen LogP contribution in [0, 0.1) is 0 Å². The minimum Gasteiger partial charge on any atom is -0.389 e. The van der Waals surface area contributed by atoms with E-state index in [1.165, 1.54) is 23.3 Å². The highest BCUT2D eigenvalue weighted by Gasteiger charge is 2.22. The Hall–Kier alpha value is -1.10. The van der Waals surface area contributed by atoms with Gasteiger partial charge in [-0.05, 0) is 54.5 Å². The van der Waals surface area contributed by atoms with Gasteiger partial charge >= 0.3 is 0 Å². The Balaban J connectivity index is 1.92. The van der Waals surface area contributed by atoms with Gasteiger partial charge in [0.25, 0.3) is 0 Å². The molecule has 1 aliphatic carbocycles. The van der Waals surface area contributed by atoms with E-state index in [4.69, 9.17) is 29.6 Å². The minimum absolute atomic E-state index is 0.333. The van der Waals surface area contributed by atoms with E-state index in [0.29, 0.717) is 16.1 Å². The number of anilines is 1. The third kappa shape index (κ3) is 2.68. The van der Waals surface area contributed by atoms with E-state index in [0.717, 1.165) is 17.7 Å². The van der Waals surface area contributed by atoms with E-state index in [2.05, 4.69) is 16.8 Å². The highest BCUT2D eigenvalue weighted by atomic mass is 35.5. The van der Waals surface area contributed by atoms with Crippen LogP contribution in [0.5, 0.6) is 0 Å². The Bertz CT molecular complexity index is 651. The van der Waals surface area contributed by atoms with Gasteiger partial charge in [-0.1, -0.05) is 23.8 Å². The summed E-state index contributed by atoms with van der Waals surface area (Å²) < 4.78 is 0. The summed E-state index contributed by atoms with van der Waals surface area (Å²) in [7, 11) is 0. The van der Waals surface area contributed by atoms with Crippen LogP contribution in [-0.4, -0.2) is 4.99 Å². The summed E-state index contributed by atoms with van der Waals surface area (Å²) in [5.74, 6) is 0. The first-order valence-electron chi connectivity index (χ1n) is 6.57. The molecule has 0 bridgehead atoms. The lowest BCUT2D eigenvalue weighted by atomic mass is 9.93. The molecule has 3 rings (SSSR count). The molecular weight excluding hydrogens is 308 g/mol. The lowest BCUT2D eigenvalue weighted by molar-refractivity contribution is 0.609. The van der Waals surface area contributed by atoms with Crippen LogP contribution in [0.3, 0.4) is 0 Å². The summed E-state index contributed by atoms with van der Waals surface area (Å²) in [6.07, 6.45) is 3.53. The molecule has 20 heavy (non-hydrogen) atoms. The van der Waals surface area contributed by atoms with Crippen LogP contribution < -0.4 is 11.1 Å². The molecule has 1 heterocycles. The monoisotopic (exact) mass is 322 g/mol. The normalized spacial score (nSPS) is 17.6. The van der Waals surface area contributed by atoms with Crippen molar-refractivity contribution in [2.45, 2.75) is 25.3 Å². The van der Waals surface area contributed by atoms with Gasteiger partial charge in [0.15, 0.2) is 0 Å². The molecule has 0 amide bonds. The molecule has 2 aromatic rings. The van der Waals surface area contributed by atoms with E-state index in [9.17, 15) is 0 Å². The summed E-state index contributed by atoms with van der Waals surface area (Å²) >= 11 is 13.0. The van der Waals surface area contributed by atoms with E-state index in [-0.39, 0.29) is 0 Å². The van der Waals surface area contributed by atoms with E-state index in [1.54, 1.807) is 0 Å². The Morgan fingerprint density at radius 3 is 3.05 bits per heavy atom. The number of thiophene rings is 1. The molecule has 1 atom stereocenters. The highest BCUT2D eigenvalue weighted by molar-refractivity contribution is 7.80. The number of hydrogen-bond acceptors (Lipinski definition) is 3. The summed E-state index contributed by atoms with van der Waals surface area (Å²) in [5, 5.41) is 6.40. The second-order valence-corrected chi connectivity index (χ2v) is 6.82. The molecule has 0 saturated carbocycles. The van der Waals surface area contributed by atoms with Crippen molar-refractivity contribution in [2.75, 3.05) is 5.32 Å². The van der Waals surface area contributed by atoms with Crippen LogP contribution in [0.1, 0.15) is 34.9 Å². The molecule has 0 fully saturated rings. The zero-order valence-corrected chi connectivity index (χ0v) is 13.2. The summed E-state index contributed by atoms with van der Waals surface area (Å²) in [6.45, 7) is 0. The number of benzene rings is 1. The Labute approximate surface area is 132 Å². The highest BCUT2D eigenvalue weighted by Crippen LogP contribution is 2.36. The van der Waals surface area contributed by atoms with Gasteiger partial charge in [0.2, 0.25) is 0 Å². The number of rotatable bonds is 3. The molecule has 0 saturated heterocycles. The first-order valence-corrected chi connectivity index (χ1v) is 8.24. The van der Waals surface area contributed by atoms with Crippen LogP contribution in [-0.2, 0) is 6.42 Å². The Morgan fingerprint density at radius 2 is 2.25 bits per heavy atom. The molecule has 2 nitrogen and oxygen atoms in total. The molecule has 3 N–H and O–H groups in total. The maximum Gasteiger partial charge on any atom is 0.106 e. The van der Waals surface area contributed by atoms with Crippen molar-refractivity contribution in [3.05, 3.63) is 50.7 Å². The average molecular weight is 323 g/mol. The predicted molar refractivity (Wildman–Crippen MR) is 91.0 cm³/mol. The maximum absolute atomic E-state index is 6.03. The van der Waals surface area contributed by atoms with E-state index in [1.807, 2.05) is 29.5 Å². The predicted octanol–water partition coefficient (Wildman–Crippen LogP) is 4.53. The van der Waals surface area contributed by atoms with Gasteiger partial charge in [-0.3, -0.25) is 0 Å². The van der Waals surface area contributed by atoms with Gasteiger partial charge in [-0.25, -0.2) is 0 Å². The van der Waals surface area contributed by atoms with E-state index >= 15 is 0 Å². The average Bonchev–Trinajstić information content (AvgIpc) is 2.90. The second-order valence-electron chi connectivity index (χ2n) is 4.94. The van der Waals surface area contributed by atoms with Crippen LogP contribution in [0.4, 0.5) is 5.69 Å². The number of aryl methyl sites for hydroxylation is 1. The van der Waals surface area contributed by atoms with Crippen LogP contribution in [0.25, 0.3) is 0 Å². The Morgan fingerprint density at radius 1 is 1.40 bits per heavy atom. The number of nitrogens with one attached hydrogen (secondary N) is 1. The lowest BCUT2D eigenvalue weighted by Crippen LogP contribution is -2.19. The first-order chi connectivity index (χ1) is 9.65.